The van der Waals surface area contributed by atoms with Crippen LogP contribution >= 0.6 is 0 Å². The minimum atomic E-state index is 0.477. The van der Waals surface area contributed by atoms with Crippen molar-refractivity contribution in [3.8, 4) is 0 Å². The van der Waals surface area contributed by atoms with Gasteiger partial charge in [0, 0.05) is 18.8 Å². The van der Waals surface area contributed by atoms with Crippen LogP contribution in [-0.4, -0.2) is 18.4 Å². The van der Waals surface area contributed by atoms with Crippen molar-refractivity contribution in [2.24, 2.45) is 0 Å². The predicted octanol–water partition coefficient (Wildman–Crippen LogP) is 1.15. The Labute approximate surface area is 70.7 Å². The number of anilines is 1. The highest BCUT2D eigenvalue weighted by Crippen LogP contribution is 2.29. The van der Waals surface area contributed by atoms with E-state index in [2.05, 4.69) is 5.16 Å². The van der Waals surface area contributed by atoms with Crippen LogP contribution in [0, 0.1) is 0 Å². The molecule has 1 saturated heterocycles. The standard InChI is InChI=1S/C8H12N2O2/c9-8-7(5-12-10-8)6-1-3-11-4-2-6/h5-6H,1-4H2,(H2,9,10). The zero-order chi connectivity index (χ0) is 8.39. The fraction of sp³-hybridized carbons (Fsp3) is 0.625. The lowest BCUT2D eigenvalue weighted by atomic mass is 9.94. The number of nitrogens with two attached hydrogens (primary N) is 1. The van der Waals surface area contributed by atoms with Crippen LogP contribution in [-0.2, 0) is 4.74 Å². The molecule has 66 valence electrons. The highest BCUT2D eigenvalue weighted by molar-refractivity contribution is 5.38. The topological polar surface area (TPSA) is 61.3 Å². The van der Waals surface area contributed by atoms with E-state index < -0.39 is 0 Å². The van der Waals surface area contributed by atoms with Crippen molar-refractivity contribution in [1.82, 2.24) is 5.16 Å². The van der Waals surface area contributed by atoms with Gasteiger partial charge in [0.2, 0.25) is 0 Å². The smallest absolute Gasteiger partial charge is 0.170 e. The van der Waals surface area contributed by atoms with Crippen molar-refractivity contribution in [2.45, 2.75) is 18.8 Å². The molecule has 1 aromatic rings. The summed E-state index contributed by atoms with van der Waals surface area (Å²) in [6.45, 7) is 1.63. The molecule has 0 atom stereocenters. The Kier molecular flexibility index (Phi) is 1.99. The Morgan fingerprint density at radius 1 is 1.42 bits per heavy atom. The van der Waals surface area contributed by atoms with E-state index in [0.717, 1.165) is 31.6 Å². The maximum Gasteiger partial charge on any atom is 0.170 e. The van der Waals surface area contributed by atoms with Crippen molar-refractivity contribution in [3.05, 3.63) is 11.8 Å². The molecule has 0 spiro atoms. The largest absolute Gasteiger partial charge is 0.381 e. The number of hydrogen-bond acceptors (Lipinski definition) is 4. The Bertz CT molecular complexity index is 253. The van der Waals surface area contributed by atoms with Gasteiger partial charge in [-0.2, -0.15) is 0 Å². The van der Waals surface area contributed by atoms with Gasteiger partial charge in [0.25, 0.3) is 0 Å². The average molecular weight is 168 g/mol. The SMILES string of the molecule is Nc1nocc1C1CCOCC1. The average Bonchev–Trinajstić information content (AvgIpc) is 2.53. The number of hydrogen-bond donors (Lipinski definition) is 1. The third-order valence-electron chi connectivity index (χ3n) is 2.29. The maximum atomic E-state index is 5.63. The first-order chi connectivity index (χ1) is 5.88. The Morgan fingerprint density at radius 2 is 2.17 bits per heavy atom. The minimum Gasteiger partial charge on any atom is -0.381 e. The van der Waals surface area contributed by atoms with E-state index >= 15 is 0 Å². The summed E-state index contributed by atoms with van der Waals surface area (Å²) in [7, 11) is 0. The van der Waals surface area contributed by atoms with E-state index in [-0.39, 0.29) is 0 Å². The van der Waals surface area contributed by atoms with Gasteiger partial charge >= 0.3 is 0 Å². The highest BCUT2D eigenvalue weighted by atomic mass is 16.5. The van der Waals surface area contributed by atoms with E-state index in [4.69, 9.17) is 15.0 Å². The lowest BCUT2D eigenvalue weighted by molar-refractivity contribution is 0.0853. The molecule has 0 aliphatic carbocycles. The van der Waals surface area contributed by atoms with Crippen LogP contribution in [0.25, 0.3) is 0 Å². The molecule has 2 heterocycles. The molecule has 1 fully saturated rings. The second-order valence-electron chi connectivity index (χ2n) is 3.04. The summed E-state index contributed by atoms with van der Waals surface area (Å²) in [5, 5.41) is 3.65. The van der Waals surface area contributed by atoms with Crippen LogP contribution in [0.1, 0.15) is 24.3 Å². The van der Waals surface area contributed by atoms with Gasteiger partial charge in [-0.25, -0.2) is 0 Å². The molecule has 1 aliphatic heterocycles. The first kappa shape index (κ1) is 7.61. The zero-order valence-corrected chi connectivity index (χ0v) is 6.82. The normalized spacial score (nSPS) is 19.7. The fourth-order valence-corrected chi connectivity index (χ4v) is 1.57. The quantitative estimate of drug-likeness (QED) is 0.683. The van der Waals surface area contributed by atoms with Crippen molar-refractivity contribution in [2.75, 3.05) is 18.9 Å². The van der Waals surface area contributed by atoms with E-state index in [9.17, 15) is 0 Å². The van der Waals surface area contributed by atoms with Crippen LogP contribution in [0.4, 0.5) is 5.82 Å². The van der Waals surface area contributed by atoms with Crippen molar-refractivity contribution >= 4 is 5.82 Å². The van der Waals surface area contributed by atoms with Gasteiger partial charge in [-0.05, 0) is 18.8 Å². The third-order valence-corrected chi connectivity index (χ3v) is 2.29. The van der Waals surface area contributed by atoms with Gasteiger partial charge in [-0.3, -0.25) is 0 Å². The molecule has 4 nitrogen and oxygen atoms in total. The van der Waals surface area contributed by atoms with Crippen LogP contribution in [0.15, 0.2) is 10.8 Å². The first-order valence-electron chi connectivity index (χ1n) is 4.15. The van der Waals surface area contributed by atoms with E-state index in [1.54, 1.807) is 6.26 Å². The fourth-order valence-electron chi connectivity index (χ4n) is 1.57. The molecular weight excluding hydrogens is 156 g/mol. The molecule has 1 aromatic heterocycles. The maximum absolute atomic E-state index is 5.63. The van der Waals surface area contributed by atoms with Gasteiger partial charge < -0.3 is 15.0 Å². The Hall–Kier alpha value is -1.03. The number of nitrogens with zero attached hydrogens (tertiary/aromatic N) is 1. The van der Waals surface area contributed by atoms with Gasteiger partial charge in [-0.15, -0.1) is 0 Å². The molecule has 0 radical (unpaired) electrons. The van der Waals surface area contributed by atoms with Gasteiger partial charge in [-0.1, -0.05) is 5.16 Å². The summed E-state index contributed by atoms with van der Waals surface area (Å²) in [5.74, 6) is 1.01. The Morgan fingerprint density at radius 3 is 2.75 bits per heavy atom. The first-order valence-corrected chi connectivity index (χ1v) is 4.15. The summed E-state index contributed by atoms with van der Waals surface area (Å²) in [6.07, 6.45) is 3.68. The molecule has 0 aromatic carbocycles. The predicted molar refractivity (Wildman–Crippen MR) is 43.7 cm³/mol. The van der Waals surface area contributed by atoms with Crippen LogP contribution < -0.4 is 5.73 Å². The van der Waals surface area contributed by atoms with Crippen molar-refractivity contribution < 1.29 is 9.26 Å². The van der Waals surface area contributed by atoms with Crippen molar-refractivity contribution in [1.29, 1.82) is 0 Å². The summed E-state index contributed by atoms with van der Waals surface area (Å²) in [5.41, 5.74) is 6.67. The Balaban J connectivity index is 2.13. The lowest BCUT2D eigenvalue weighted by Gasteiger charge is -2.20. The minimum absolute atomic E-state index is 0.477. The van der Waals surface area contributed by atoms with Crippen LogP contribution in [0.2, 0.25) is 0 Å². The van der Waals surface area contributed by atoms with E-state index in [0.29, 0.717) is 11.7 Å². The summed E-state index contributed by atoms with van der Waals surface area (Å²) in [6, 6.07) is 0. The second-order valence-corrected chi connectivity index (χ2v) is 3.04. The molecular formula is C8H12N2O2. The molecule has 2 N–H and O–H groups in total. The van der Waals surface area contributed by atoms with E-state index in [1.807, 2.05) is 0 Å². The van der Waals surface area contributed by atoms with Crippen LogP contribution in [0.5, 0.6) is 0 Å². The molecule has 12 heavy (non-hydrogen) atoms. The molecule has 1 aliphatic rings. The summed E-state index contributed by atoms with van der Waals surface area (Å²) in [4.78, 5) is 0. The molecule has 0 unspecified atom stereocenters. The molecule has 2 rings (SSSR count). The zero-order valence-electron chi connectivity index (χ0n) is 6.82. The summed E-state index contributed by atoms with van der Waals surface area (Å²) >= 11 is 0. The molecule has 4 heteroatoms. The third kappa shape index (κ3) is 1.30. The molecule has 0 bridgehead atoms. The van der Waals surface area contributed by atoms with Gasteiger partial charge in [0.1, 0.15) is 6.26 Å². The molecule has 0 saturated carbocycles. The lowest BCUT2D eigenvalue weighted by Crippen LogP contribution is -2.14. The summed E-state index contributed by atoms with van der Waals surface area (Å²) < 4.78 is 10.0. The van der Waals surface area contributed by atoms with Crippen molar-refractivity contribution in [3.63, 3.8) is 0 Å². The number of rotatable bonds is 1. The monoisotopic (exact) mass is 168 g/mol. The number of ether oxygens (including phenoxy) is 1. The highest BCUT2D eigenvalue weighted by Gasteiger charge is 2.20. The number of aromatic nitrogens is 1. The molecule has 0 amide bonds. The number of nitrogen functional groups attached to an aromatic ring is 1. The van der Waals surface area contributed by atoms with Gasteiger partial charge in [0.05, 0.1) is 0 Å². The van der Waals surface area contributed by atoms with E-state index in [1.165, 1.54) is 0 Å². The second kappa shape index (κ2) is 3.15. The van der Waals surface area contributed by atoms with Gasteiger partial charge in [0.15, 0.2) is 5.82 Å². The van der Waals surface area contributed by atoms with Crippen LogP contribution in [0.3, 0.4) is 0 Å².